The maximum absolute atomic E-state index is 4.48. The predicted octanol–water partition coefficient (Wildman–Crippen LogP) is 3.60. The molecule has 0 spiro atoms. The van der Waals surface area contributed by atoms with Crippen LogP contribution in [0.15, 0.2) is 35.8 Å². The molecule has 3 heteroatoms. The SMILES string of the molecule is Cc1nc(-c2ccc3[nH]ccc3c2)cs1. The van der Waals surface area contributed by atoms with E-state index in [9.17, 15) is 0 Å². The molecule has 1 N–H and O–H groups in total. The van der Waals surface area contributed by atoms with Gasteiger partial charge in [-0.1, -0.05) is 6.07 Å². The monoisotopic (exact) mass is 214 g/mol. The van der Waals surface area contributed by atoms with Gasteiger partial charge in [-0.05, 0) is 25.1 Å². The van der Waals surface area contributed by atoms with Crippen molar-refractivity contribution in [2.45, 2.75) is 6.92 Å². The first-order valence-corrected chi connectivity index (χ1v) is 5.70. The van der Waals surface area contributed by atoms with E-state index in [-0.39, 0.29) is 0 Å². The summed E-state index contributed by atoms with van der Waals surface area (Å²) >= 11 is 1.69. The lowest BCUT2D eigenvalue weighted by Gasteiger charge is -1.96. The molecule has 2 heterocycles. The minimum Gasteiger partial charge on any atom is -0.361 e. The summed E-state index contributed by atoms with van der Waals surface area (Å²) in [6.45, 7) is 2.03. The third kappa shape index (κ3) is 1.45. The first-order chi connectivity index (χ1) is 7.33. The van der Waals surface area contributed by atoms with Gasteiger partial charge < -0.3 is 4.98 Å². The van der Waals surface area contributed by atoms with E-state index in [2.05, 4.69) is 39.6 Å². The van der Waals surface area contributed by atoms with Crippen LogP contribution >= 0.6 is 11.3 Å². The summed E-state index contributed by atoms with van der Waals surface area (Å²) in [7, 11) is 0. The molecule has 0 atom stereocenters. The summed E-state index contributed by atoms with van der Waals surface area (Å²) in [6, 6.07) is 8.45. The van der Waals surface area contributed by atoms with Crippen LogP contribution < -0.4 is 0 Å². The van der Waals surface area contributed by atoms with Gasteiger partial charge >= 0.3 is 0 Å². The number of nitrogens with one attached hydrogen (secondary N) is 1. The van der Waals surface area contributed by atoms with Crippen LogP contribution in [0, 0.1) is 6.92 Å². The first-order valence-electron chi connectivity index (χ1n) is 4.82. The van der Waals surface area contributed by atoms with Crippen LogP contribution in [0.5, 0.6) is 0 Å². The Morgan fingerprint density at radius 2 is 2.20 bits per heavy atom. The maximum Gasteiger partial charge on any atom is 0.0901 e. The predicted molar refractivity (Wildman–Crippen MR) is 64.1 cm³/mol. The van der Waals surface area contributed by atoms with E-state index in [1.54, 1.807) is 11.3 Å². The second-order valence-electron chi connectivity index (χ2n) is 3.53. The molecule has 15 heavy (non-hydrogen) atoms. The zero-order valence-corrected chi connectivity index (χ0v) is 9.14. The topological polar surface area (TPSA) is 28.7 Å². The Labute approximate surface area is 91.6 Å². The first kappa shape index (κ1) is 8.68. The largest absolute Gasteiger partial charge is 0.361 e. The molecule has 74 valence electrons. The van der Waals surface area contributed by atoms with E-state index < -0.39 is 0 Å². The van der Waals surface area contributed by atoms with Crippen molar-refractivity contribution in [3.63, 3.8) is 0 Å². The fourth-order valence-corrected chi connectivity index (χ4v) is 2.33. The number of hydrogen-bond donors (Lipinski definition) is 1. The minimum absolute atomic E-state index is 1.07. The maximum atomic E-state index is 4.48. The highest BCUT2D eigenvalue weighted by molar-refractivity contribution is 7.09. The molecule has 0 aliphatic carbocycles. The van der Waals surface area contributed by atoms with Gasteiger partial charge in [-0.15, -0.1) is 11.3 Å². The molecule has 0 unspecified atom stereocenters. The summed E-state index contributed by atoms with van der Waals surface area (Å²) in [5.74, 6) is 0. The number of aryl methyl sites for hydroxylation is 1. The van der Waals surface area contributed by atoms with Crippen LogP contribution in [0.4, 0.5) is 0 Å². The average molecular weight is 214 g/mol. The van der Waals surface area contributed by atoms with Crippen LogP contribution in [0.25, 0.3) is 22.2 Å². The normalized spacial score (nSPS) is 11.0. The summed E-state index contributed by atoms with van der Waals surface area (Å²) in [4.78, 5) is 7.67. The van der Waals surface area contributed by atoms with Crippen LogP contribution in [-0.2, 0) is 0 Å². The van der Waals surface area contributed by atoms with Crippen LogP contribution in [0.3, 0.4) is 0 Å². The quantitative estimate of drug-likeness (QED) is 0.658. The Balaban J connectivity index is 2.18. The number of aromatic nitrogens is 2. The van der Waals surface area contributed by atoms with E-state index >= 15 is 0 Å². The molecular formula is C12H10N2S. The zero-order chi connectivity index (χ0) is 10.3. The van der Waals surface area contributed by atoms with Gasteiger partial charge in [-0.2, -0.15) is 0 Å². The average Bonchev–Trinajstić information content (AvgIpc) is 2.84. The smallest absolute Gasteiger partial charge is 0.0901 e. The van der Waals surface area contributed by atoms with Crippen molar-refractivity contribution >= 4 is 22.2 Å². The van der Waals surface area contributed by atoms with Gasteiger partial charge in [0.25, 0.3) is 0 Å². The number of aromatic amines is 1. The van der Waals surface area contributed by atoms with E-state index in [0.29, 0.717) is 0 Å². The lowest BCUT2D eigenvalue weighted by atomic mass is 10.1. The number of H-pyrrole nitrogens is 1. The van der Waals surface area contributed by atoms with E-state index in [4.69, 9.17) is 0 Å². The Hall–Kier alpha value is -1.61. The van der Waals surface area contributed by atoms with Gasteiger partial charge in [0, 0.05) is 28.0 Å². The lowest BCUT2D eigenvalue weighted by Crippen LogP contribution is -1.77. The summed E-state index contributed by atoms with van der Waals surface area (Å²) in [5, 5.41) is 4.45. The zero-order valence-electron chi connectivity index (χ0n) is 8.32. The molecule has 0 aliphatic heterocycles. The standard InChI is InChI=1S/C12H10N2S/c1-8-14-12(7-15-8)9-2-3-11-10(6-9)4-5-13-11/h2-7,13H,1H3. The van der Waals surface area contributed by atoms with E-state index in [0.717, 1.165) is 10.7 Å². The molecule has 3 aromatic rings. The highest BCUT2D eigenvalue weighted by Crippen LogP contribution is 2.24. The molecule has 2 nitrogen and oxygen atoms in total. The van der Waals surface area contributed by atoms with Crippen LogP contribution in [-0.4, -0.2) is 9.97 Å². The number of rotatable bonds is 1. The summed E-state index contributed by atoms with van der Waals surface area (Å²) in [6.07, 6.45) is 1.96. The van der Waals surface area contributed by atoms with Gasteiger partial charge in [-0.3, -0.25) is 0 Å². The van der Waals surface area contributed by atoms with Gasteiger partial charge in [0.2, 0.25) is 0 Å². The molecule has 3 rings (SSSR count). The van der Waals surface area contributed by atoms with Crippen LogP contribution in [0.1, 0.15) is 5.01 Å². The molecule has 1 aromatic carbocycles. The number of benzene rings is 1. The number of thiazole rings is 1. The van der Waals surface area contributed by atoms with E-state index in [1.807, 2.05) is 13.1 Å². The second kappa shape index (κ2) is 3.21. The molecule has 0 radical (unpaired) electrons. The Kier molecular flexibility index (Phi) is 1.86. The van der Waals surface area contributed by atoms with Gasteiger partial charge in [0.1, 0.15) is 0 Å². The molecule has 0 fully saturated rings. The molecule has 0 amide bonds. The molecule has 2 aromatic heterocycles. The Morgan fingerprint density at radius 3 is 3.00 bits per heavy atom. The number of fused-ring (bicyclic) bond motifs is 1. The van der Waals surface area contributed by atoms with Crippen molar-refractivity contribution in [1.82, 2.24) is 9.97 Å². The third-order valence-electron chi connectivity index (χ3n) is 2.47. The summed E-state index contributed by atoms with van der Waals surface area (Å²) < 4.78 is 0. The van der Waals surface area contributed by atoms with Gasteiger partial charge in [-0.25, -0.2) is 4.98 Å². The third-order valence-corrected chi connectivity index (χ3v) is 3.24. The van der Waals surface area contributed by atoms with Crippen molar-refractivity contribution < 1.29 is 0 Å². The van der Waals surface area contributed by atoms with Crippen molar-refractivity contribution in [2.75, 3.05) is 0 Å². The Bertz CT molecular complexity index is 607. The molecule has 0 saturated heterocycles. The highest BCUT2D eigenvalue weighted by atomic mass is 32.1. The lowest BCUT2D eigenvalue weighted by molar-refractivity contribution is 1.30. The van der Waals surface area contributed by atoms with Gasteiger partial charge in [0.05, 0.1) is 10.7 Å². The van der Waals surface area contributed by atoms with Crippen molar-refractivity contribution in [3.05, 3.63) is 40.8 Å². The number of hydrogen-bond acceptors (Lipinski definition) is 2. The van der Waals surface area contributed by atoms with E-state index in [1.165, 1.54) is 16.5 Å². The van der Waals surface area contributed by atoms with Gasteiger partial charge in [0.15, 0.2) is 0 Å². The summed E-state index contributed by atoms with van der Waals surface area (Å²) in [5.41, 5.74) is 3.43. The molecule has 0 saturated carbocycles. The molecular weight excluding hydrogens is 204 g/mol. The highest BCUT2D eigenvalue weighted by Gasteiger charge is 2.03. The fraction of sp³-hybridized carbons (Fsp3) is 0.0833. The fourth-order valence-electron chi connectivity index (χ4n) is 1.71. The molecule has 0 aliphatic rings. The minimum atomic E-state index is 1.07. The van der Waals surface area contributed by atoms with Crippen molar-refractivity contribution in [2.24, 2.45) is 0 Å². The Morgan fingerprint density at radius 1 is 1.27 bits per heavy atom. The van der Waals surface area contributed by atoms with Crippen molar-refractivity contribution in [3.8, 4) is 11.3 Å². The second-order valence-corrected chi connectivity index (χ2v) is 4.59. The number of nitrogens with zero attached hydrogens (tertiary/aromatic N) is 1. The van der Waals surface area contributed by atoms with Crippen molar-refractivity contribution in [1.29, 1.82) is 0 Å². The molecule has 0 bridgehead atoms. The van der Waals surface area contributed by atoms with Crippen LogP contribution in [0.2, 0.25) is 0 Å².